The molecule has 0 bridgehead atoms. The fourth-order valence-corrected chi connectivity index (χ4v) is 1.53. The van der Waals surface area contributed by atoms with Gasteiger partial charge in [-0.3, -0.25) is 0 Å². The lowest BCUT2D eigenvalue weighted by Gasteiger charge is -2.02. The summed E-state index contributed by atoms with van der Waals surface area (Å²) in [4.78, 5) is 0. The summed E-state index contributed by atoms with van der Waals surface area (Å²) in [7, 11) is 0. The van der Waals surface area contributed by atoms with Gasteiger partial charge < -0.3 is 10.8 Å². The van der Waals surface area contributed by atoms with Gasteiger partial charge in [0, 0.05) is 18.4 Å². The van der Waals surface area contributed by atoms with Crippen LogP contribution < -0.4 is 5.73 Å². The molecule has 62 valence electrons. The minimum absolute atomic E-state index is 0.305. The molecule has 0 spiro atoms. The highest BCUT2D eigenvalue weighted by Crippen LogP contribution is 2.04. The highest BCUT2D eigenvalue weighted by molar-refractivity contribution is 7.99. The number of hydrogen-bond donors (Lipinski definition) is 2. The fourth-order valence-electron chi connectivity index (χ4n) is 0.585. The second kappa shape index (κ2) is 7.38. The Kier molecular flexibility index (Phi) is 7.58. The van der Waals surface area contributed by atoms with Gasteiger partial charge >= 0.3 is 0 Å². The maximum Gasteiger partial charge on any atom is 0.0431 e. The molecular weight excluding hydrogens is 146 g/mol. The predicted octanol–water partition coefficient (Wildman–Crippen LogP) is 0.839. The number of thioether (sulfide) groups is 1. The van der Waals surface area contributed by atoms with Crippen LogP contribution in [-0.4, -0.2) is 29.3 Å². The zero-order chi connectivity index (χ0) is 7.82. The minimum Gasteiger partial charge on any atom is -0.396 e. The lowest BCUT2D eigenvalue weighted by Crippen LogP contribution is -2.17. The van der Waals surface area contributed by atoms with Gasteiger partial charge in [0.15, 0.2) is 0 Å². The summed E-state index contributed by atoms with van der Waals surface area (Å²) in [5.41, 5.74) is 5.54. The average molecular weight is 163 g/mol. The summed E-state index contributed by atoms with van der Waals surface area (Å²) in [5.74, 6) is 2.16. The lowest BCUT2D eigenvalue weighted by molar-refractivity contribution is 0.287. The van der Waals surface area contributed by atoms with E-state index in [0.29, 0.717) is 12.6 Å². The van der Waals surface area contributed by atoms with Crippen molar-refractivity contribution in [3.63, 3.8) is 0 Å². The molecule has 2 nitrogen and oxygen atoms in total. The Morgan fingerprint density at radius 1 is 1.50 bits per heavy atom. The predicted molar refractivity (Wildman–Crippen MR) is 47.3 cm³/mol. The second-order valence-electron chi connectivity index (χ2n) is 2.48. The molecule has 3 heteroatoms. The molecule has 0 rings (SSSR count). The van der Waals surface area contributed by atoms with E-state index in [0.717, 1.165) is 24.3 Å². The average Bonchev–Trinajstić information content (AvgIpc) is 1.87. The molecule has 1 atom stereocenters. The van der Waals surface area contributed by atoms with E-state index in [9.17, 15) is 0 Å². The highest BCUT2D eigenvalue weighted by Gasteiger charge is 1.93. The lowest BCUT2D eigenvalue weighted by atomic mass is 10.4. The van der Waals surface area contributed by atoms with Crippen LogP contribution in [0.15, 0.2) is 0 Å². The van der Waals surface area contributed by atoms with E-state index in [2.05, 4.69) is 0 Å². The summed E-state index contributed by atoms with van der Waals surface area (Å²) in [6.07, 6.45) is 2.03. The van der Waals surface area contributed by atoms with Crippen molar-refractivity contribution in [3.05, 3.63) is 0 Å². The SMILES string of the molecule is CC(N)CSCCCCO. The van der Waals surface area contributed by atoms with Crippen LogP contribution in [0.1, 0.15) is 19.8 Å². The number of aliphatic hydroxyl groups is 1. The van der Waals surface area contributed by atoms with Crippen LogP contribution in [-0.2, 0) is 0 Å². The molecule has 0 amide bonds. The molecule has 0 heterocycles. The summed E-state index contributed by atoms with van der Waals surface area (Å²) >= 11 is 1.87. The topological polar surface area (TPSA) is 46.2 Å². The summed E-state index contributed by atoms with van der Waals surface area (Å²) in [5, 5.41) is 8.44. The molecule has 0 fully saturated rings. The molecule has 0 saturated heterocycles. The van der Waals surface area contributed by atoms with Crippen molar-refractivity contribution in [1.82, 2.24) is 0 Å². The largest absolute Gasteiger partial charge is 0.396 e. The highest BCUT2D eigenvalue weighted by atomic mass is 32.2. The molecule has 0 saturated carbocycles. The van der Waals surface area contributed by atoms with Crippen molar-refractivity contribution < 1.29 is 5.11 Å². The molecule has 0 aliphatic rings. The Balaban J connectivity index is 2.77. The molecule has 10 heavy (non-hydrogen) atoms. The van der Waals surface area contributed by atoms with Crippen LogP contribution in [0.4, 0.5) is 0 Å². The van der Waals surface area contributed by atoms with Gasteiger partial charge in [0.05, 0.1) is 0 Å². The second-order valence-corrected chi connectivity index (χ2v) is 3.63. The number of nitrogens with two attached hydrogens (primary N) is 1. The van der Waals surface area contributed by atoms with E-state index in [-0.39, 0.29) is 0 Å². The van der Waals surface area contributed by atoms with Gasteiger partial charge in [0.1, 0.15) is 0 Å². The van der Waals surface area contributed by atoms with Gasteiger partial charge in [-0.05, 0) is 25.5 Å². The van der Waals surface area contributed by atoms with Crippen LogP contribution in [0, 0.1) is 0 Å². The van der Waals surface area contributed by atoms with Gasteiger partial charge in [-0.1, -0.05) is 0 Å². The van der Waals surface area contributed by atoms with E-state index in [1.54, 1.807) is 0 Å². The van der Waals surface area contributed by atoms with Crippen LogP contribution in [0.25, 0.3) is 0 Å². The Labute approximate surface area is 67.2 Å². The summed E-state index contributed by atoms with van der Waals surface area (Å²) < 4.78 is 0. The van der Waals surface area contributed by atoms with Gasteiger partial charge in [0.25, 0.3) is 0 Å². The Morgan fingerprint density at radius 2 is 2.20 bits per heavy atom. The standard InChI is InChI=1S/C7H17NOS/c1-7(8)6-10-5-3-2-4-9/h7,9H,2-6,8H2,1H3. The maximum absolute atomic E-state index is 8.44. The molecule has 0 radical (unpaired) electrons. The van der Waals surface area contributed by atoms with E-state index in [1.165, 1.54) is 0 Å². The van der Waals surface area contributed by atoms with Crippen LogP contribution in [0.5, 0.6) is 0 Å². The molecule has 0 aromatic carbocycles. The minimum atomic E-state index is 0.305. The molecule has 3 N–H and O–H groups in total. The molecule has 0 aromatic heterocycles. The zero-order valence-corrected chi connectivity index (χ0v) is 7.36. The first-order valence-corrected chi connectivity index (χ1v) is 4.87. The maximum atomic E-state index is 8.44. The van der Waals surface area contributed by atoms with Crippen LogP contribution in [0.3, 0.4) is 0 Å². The van der Waals surface area contributed by atoms with E-state index in [1.807, 2.05) is 18.7 Å². The normalized spacial score (nSPS) is 13.5. The van der Waals surface area contributed by atoms with Gasteiger partial charge in [0.2, 0.25) is 0 Å². The number of unbranched alkanes of at least 4 members (excludes halogenated alkanes) is 1. The summed E-state index contributed by atoms with van der Waals surface area (Å²) in [6.45, 7) is 2.33. The zero-order valence-electron chi connectivity index (χ0n) is 6.55. The molecule has 0 aliphatic heterocycles. The molecule has 1 unspecified atom stereocenters. The van der Waals surface area contributed by atoms with Crippen molar-refractivity contribution in [2.45, 2.75) is 25.8 Å². The third-order valence-electron chi connectivity index (χ3n) is 1.08. The Hall–Kier alpha value is 0.270. The monoisotopic (exact) mass is 163 g/mol. The first kappa shape index (κ1) is 10.3. The van der Waals surface area contributed by atoms with Crippen molar-refractivity contribution in [1.29, 1.82) is 0 Å². The van der Waals surface area contributed by atoms with Gasteiger partial charge in [-0.2, -0.15) is 11.8 Å². The van der Waals surface area contributed by atoms with Gasteiger partial charge in [-0.15, -0.1) is 0 Å². The summed E-state index contributed by atoms with van der Waals surface area (Å²) in [6, 6.07) is 0.305. The number of rotatable bonds is 6. The smallest absolute Gasteiger partial charge is 0.0431 e. The van der Waals surface area contributed by atoms with Crippen molar-refractivity contribution in [2.75, 3.05) is 18.1 Å². The Bertz CT molecular complexity index is 68.6. The number of aliphatic hydroxyl groups excluding tert-OH is 1. The third-order valence-corrected chi connectivity index (χ3v) is 2.42. The fraction of sp³-hybridized carbons (Fsp3) is 1.00. The van der Waals surface area contributed by atoms with E-state index >= 15 is 0 Å². The first-order chi connectivity index (χ1) is 4.77. The number of hydrogen-bond acceptors (Lipinski definition) is 3. The van der Waals surface area contributed by atoms with Crippen LogP contribution in [0.2, 0.25) is 0 Å². The molecular formula is C7H17NOS. The van der Waals surface area contributed by atoms with Crippen molar-refractivity contribution in [2.24, 2.45) is 5.73 Å². The van der Waals surface area contributed by atoms with Crippen LogP contribution >= 0.6 is 11.8 Å². The van der Waals surface area contributed by atoms with Crippen molar-refractivity contribution >= 4 is 11.8 Å². The quantitative estimate of drug-likeness (QED) is 0.570. The molecule has 0 aromatic rings. The Morgan fingerprint density at radius 3 is 2.70 bits per heavy atom. The first-order valence-electron chi connectivity index (χ1n) is 3.71. The van der Waals surface area contributed by atoms with E-state index < -0.39 is 0 Å². The molecule has 0 aliphatic carbocycles. The van der Waals surface area contributed by atoms with E-state index in [4.69, 9.17) is 10.8 Å². The van der Waals surface area contributed by atoms with Crippen molar-refractivity contribution in [3.8, 4) is 0 Å². The van der Waals surface area contributed by atoms with Gasteiger partial charge in [-0.25, -0.2) is 0 Å². The third kappa shape index (κ3) is 8.27.